The molecule has 0 saturated carbocycles. The topological polar surface area (TPSA) is 68.3 Å². The van der Waals surface area contributed by atoms with Crippen LogP contribution in [0.1, 0.15) is 5.56 Å². The number of anilines is 1. The van der Waals surface area contributed by atoms with E-state index in [4.69, 9.17) is 20.5 Å². The van der Waals surface area contributed by atoms with Crippen LogP contribution in [-0.4, -0.2) is 13.2 Å². The minimum atomic E-state index is 0.406. The van der Waals surface area contributed by atoms with Crippen LogP contribution >= 0.6 is 0 Å². The van der Waals surface area contributed by atoms with Crippen molar-refractivity contribution in [1.29, 1.82) is 5.26 Å². The molecule has 0 aliphatic carbocycles. The smallest absolute Gasteiger partial charge is 0.122 e. The van der Waals surface area contributed by atoms with E-state index in [2.05, 4.69) is 0 Å². The van der Waals surface area contributed by atoms with Gasteiger partial charge in [-0.15, -0.1) is 0 Å². The molecule has 2 rings (SSSR count). The summed E-state index contributed by atoms with van der Waals surface area (Å²) in [6.07, 6.45) is 0. The molecule has 0 amide bonds. The Morgan fingerprint density at radius 3 is 2.32 bits per heavy atom. The summed E-state index contributed by atoms with van der Waals surface area (Å²) in [5.41, 5.74) is 6.50. The predicted octanol–water partition coefficient (Wildman–Crippen LogP) is 2.60. The molecule has 4 nitrogen and oxygen atoms in total. The highest BCUT2D eigenvalue weighted by Crippen LogP contribution is 2.18. The molecule has 0 bridgehead atoms. The summed E-state index contributed by atoms with van der Waals surface area (Å²) in [5, 5.41) is 8.85. The van der Waals surface area contributed by atoms with Crippen molar-refractivity contribution in [2.75, 3.05) is 18.9 Å². The summed E-state index contributed by atoms with van der Waals surface area (Å²) < 4.78 is 11.0. The average molecular weight is 254 g/mol. The number of nitriles is 1. The largest absolute Gasteiger partial charge is 0.490 e. The van der Waals surface area contributed by atoms with Gasteiger partial charge in [0.25, 0.3) is 0 Å². The maximum absolute atomic E-state index is 8.85. The van der Waals surface area contributed by atoms with E-state index >= 15 is 0 Å². The fraction of sp³-hybridized carbons (Fsp3) is 0.133. The Kier molecular flexibility index (Phi) is 4.25. The van der Waals surface area contributed by atoms with E-state index in [1.807, 2.05) is 36.4 Å². The minimum Gasteiger partial charge on any atom is -0.490 e. The molecular formula is C15H14N2O2. The molecule has 0 aliphatic heterocycles. The fourth-order valence-corrected chi connectivity index (χ4v) is 1.56. The highest BCUT2D eigenvalue weighted by Gasteiger charge is 2.01. The summed E-state index contributed by atoms with van der Waals surface area (Å²) in [6.45, 7) is 0.847. The molecule has 0 aromatic heterocycles. The van der Waals surface area contributed by atoms with Gasteiger partial charge in [-0.3, -0.25) is 0 Å². The number of nitrogens with two attached hydrogens (primary N) is 1. The van der Waals surface area contributed by atoms with Crippen molar-refractivity contribution in [2.24, 2.45) is 0 Å². The SMILES string of the molecule is N#Cc1cc(OCCOc2ccccc2)ccc1N. The lowest BCUT2D eigenvalue weighted by Gasteiger charge is -2.09. The van der Waals surface area contributed by atoms with Gasteiger partial charge in [-0.2, -0.15) is 5.26 Å². The Balaban J connectivity index is 1.82. The van der Waals surface area contributed by atoms with E-state index in [-0.39, 0.29) is 0 Å². The van der Waals surface area contributed by atoms with Crippen molar-refractivity contribution >= 4 is 5.69 Å². The van der Waals surface area contributed by atoms with E-state index < -0.39 is 0 Å². The van der Waals surface area contributed by atoms with Gasteiger partial charge < -0.3 is 15.2 Å². The number of ether oxygens (including phenoxy) is 2. The second-order valence-corrected chi connectivity index (χ2v) is 3.87. The van der Waals surface area contributed by atoms with Crippen molar-refractivity contribution < 1.29 is 9.47 Å². The van der Waals surface area contributed by atoms with Crippen molar-refractivity contribution in [3.05, 3.63) is 54.1 Å². The Morgan fingerprint density at radius 1 is 0.947 bits per heavy atom. The van der Waals surface area contributed by atoms with Crippen LogP contribution in [0.5, 0.6) is 11.5 Å². The Morgan fingerprint density at radius 2 is 1.63 bits per heavy atom. The Bertz CT molecular complexity index is 576. The van der Waals surface area contributed by atoms with E-state index in [1.54, 1.807) is 18.2 Å². The van der Waals surface area contributed by atoms with Crippen LogP contribution in [0.15, 0.2) is 48.5 Å². The zero-order chi connectivity index (χ0) is 13.5. The van der Waals surface area contributed by atoms with E-state index in [1.165, 1.54) is 0 Å². The third-order valence-electron chi connectivity index (χ3n) is 2.51. The summed E-state index contributed by atoms with van der Waals surface area (Å²) in [7, 11) is 0. The third kappa shape index (κ3) is 3.65. The molecule has 96 valence electrons. The number of hydrogen-bond donors (Lipinski definition) is 1. The van der Waals surface area contributed by atoms with Gasteiger partial charge in [-0.25, -0.2) is 0 Å². The van der Waals surface area contributed by atoms with E-state index in [0.29, 0.717) is 30.2 Å². The quantitative estimate of drug-likeness (QED) is 0.657. The van der Waals surface area contributed by atoms with E-state index in [9.17, 15) is 0 Å². The van der Waals surface area contributed by atoms with Gasteiger partial charge in [-0.1, -0.05) is 18.2 Å². The number of benzene rings is 2. The molecular weight excluding hydrogens is 240 g/mol. The molecule has 0 fully saturated rings. The van der Waals surface area contributed by atoms with Crippen molar-refractivity contribution in [1.82, 2.24) is 0 Å². The number of rotatable bonds is 5. The average Bonchev–Trinajstić information content (AvgIpc) is 2.46. The molecule has 4 heteroatoms. The minimum absolute atomic E-state index is 0.406. The first-order valence-electron chi connectivity index (χ1n) is 5.90. The summed E-state index contributed by atoms with van der Waals surface area (Å²) in [4.78, 5) is 0. The molecule has 0 aliphatic rings. The molecule has 0 atom stereocenters. The number of nitrogen functional groups attached to an aromatic ring is 1. The second kappa shape index (κ2) is 6.31. The maximum Gasteiger partial charge on any atom is 0.122 e. The van der Waals surface area contributed by atoms with E-state index in [0.717, 1.165) is 5.75 Å². The molecule has 2 N–H and O–H groups in total. The van der Waals surface area contributed by atoms with Crippen molar-refractivity contribution in [2.45, 2.75) is 0 Å². The van der Waals surface area contributed by atoms with Crippen LogP contribution < -0.4 is 15.2 Å². The van der Waals surface area contributed by atoms with Gasteiger partial charge in [0.15, 0.2) is 0 Å². The lowest BCUT2D eigenvalue weighted by atomic mass is 10.2. The Labute approximate surface area is 112 Å². The highest BCUT2D eigenvalue weighted by atomic mass is 16.5. The normalized spacial score (nSPS) is 9.63. The monoisotopic (exact) mass is 254 g/mol. The van der Waals surface area contributed by atoms with Crippen LogP contribution in [0, 0.1) is 11.3 Å². The molecule has 0 unspecified atom stereocenters. The second-order valence-electron chi connectivity index (χ2n) is 3.87. The zero-order valence-electron chi connectivity index (χ0n) is 10.4. The summed E-state index contributed by atoms with van der Waals surface area (Å²) in [5.74, 6) is 1.42. The standard InChI is InChI=1S/C15H14N2O2/c16-11-12-10-14(6-7-15(12)17)19-9-8-18-13-4-2-1-3-5-13/h1-7,10H,8-9,17H2. The van der Waals surface area contributed by atoms with Crippen LogP contribution in [0.2, 0.25) is 0 Å². The maximum atomic E-state index is 8.85. The first-order chi connectivity index (χ1) is 9.29. The highest BCUT2D eigenvalue weighted by molar-refractivity contribution is 5.56. The van der Waals surface area contributed by atoms with Crippen molar-refractivity contribution in [3.8, 4) is 17.6 Å². The van der Waals surface area contributed by atoms with Gasteiger partial charge in [0.1, 0.15) is 30.8 Å². The zero-order valence-corrected chi connectivity index (χ0v) is 10.4. The lowest BCUT2D eigenvalue weighted by molar-refractivity contribution is 0.217. The molecule has 2 aromatic carbocycles. The van der Waals surface area contributed by atoms with Gasteiger partial charge in [0.05, 0.1) is 5.56 Å². The van der Waals surface area contributed by atoms with Crippen LogP contribution in [0.3, 0.4) is 0 Å². The number of hydrogen-bond acceptors (Lipinski definition) is 4. The first-order valence-corrected chi connectivity index (χ1v) is 5.90. The fourth-order valence-electron chi connectivity index (χ4n) is 1.56. The predicted molar refractivity (Wildman–Crippen MR) is 73.0 cm³/mol. The van der Waals surface area contributed by atoms with Gasteiger partial charge >= 0.3 is 0 Å². The molecule has 2 aromatic rings. The Hall–Kier alpha value is -2.67. The molecule has 0 heterocycles. The van der Waals surface area contributed by atoms with Gasteiger partial charge in [0.2, 0.25) is 0 Å². The molecule has 0 saturated heterocycles. The van der Waals surface area contributed by atoms with Crippen LogP contribution in [-0.2, 0) is 0 Å². The number of para-hydroxylation sites is 1. The van der Waals surface area contributed by atoms with Gasteiger partial charge in [-0.05, 0) is 30.3 Å². The van der Waals surface area contributed by atoms with Crippen LogP contribution in [0.4, 0.5) is 5.69 Å². The first kappa shape index (κ1) is 12.8. The lowest BCUT2D eigenvalue weighted by Crippen LogP contribution is -2.09. The molecule has 19 heavy (non-hydrogen) atoms. The van der Waals surface area contributed by atoms with Crippen molar-refractivity contribution in [3.63, 3.8) is 0 Å². The van der Waals surface area contributed by atoms with Crippen LogP contribution in [0.25, 0.3) is 0 Å². The summed E-state index contributed by atoms with van der Waals surface area (Å²) >= 11 is 0. The third-order valence-corrected chi connectivity index (χ3v) is 2.51. The molecule has 0 radical (unpaired) electrons. The summed E-state index contributed by atoms with van der Waals surface area (Å²) in [6, 6.07) is 16.6. The number of nitrogens with zero attached hydrogens (tertiary/aromatic N) is 1. The van der Waals surface area contributed by atoms with Gasteiger partial charge in [0, 0.05) is 5.69 Å². The molecule has 0 spiro atoms.